The third-order valence-electron chi connectivity index (χ3n) is 3.60. The van der Waals surface area contributed by atoms with Gasteiger partial charge in [0.25, 0.3) is 0 Å². The van der Waals surface area contributed by atoms with Crippen LogP contribution in [0.25, 0.3) is 0 Å². The van der Waals surface area contributed by atoms with Crippen molar-refractivity contribution in [2.24, 2.45) is 0 Å². The molecule has 5 heteroatoms. The number of terminal acetylenes is 1. The first-order valence-electron chi connectivity index (χ1n) is 8.55. The van der Waals surface area contributed by atoms with Crippen LogP contribution in [0.4, 0.5) is 0 Å². The molecule has 3 nitrogen and oxygen atoms in total. The molecule has 0 saturated carbocycles. The van der Waals surface area contributed by atoms with Crippen molar-refractivity contribution in [2.45, 2.75) is 31.2 Å². The minimum Gasteiger partial charge on any atom is -0.454 e. The van der Waals surface area contributed by atoms with Crippen LogP contribution in [0.1, 0.15) is 31.0 Å². The van der Waals surface area contributed by atoms with E-state index in [1.54, 1.807) is 6.26 Å². The van der Waals surface area contributed by atoms with E-state index in [1.807, 2.05) is 38.1 Å². The molecule has 1 aliphatic rings. The quantitative estimate of drug-likeness (QED) is 0.508. The van der Waals surface area contributed by atoms with Gasteiger partial charge in [0.2, 0.25) is 6.79 Å². The maximum absolute atomic E-state index is 5.44. The molecule has 2 aromatic rings. The van der Waals surface area contributed by atoms with Gasteiger partial charge in [-0.15, -0.1) is 19.1 Å². The first-order chi connectivity index (χ1) is 12.8. The predicted octanol–water partition coefficient (Wildman–Crippen LogP) is 4.78. The van der Waals surface area contributed by atoms with Crippen LogP contribution < -0.4 is 14.8 Å². The lowest BCUT2D eigenvalue weighted by Crippen LogP contribution is -2.23. The van der Waals surface area contributed by atoms with E-state index in [9.17, 15) is 0 Å². The molecule has 0 saturated heterocycles. The molecule has 1 aliphatic heterocycles. The minimum atomic E-state index is 0.128. The number of hydrogen-bond donors (Lipinski definition) is 3. The summed E-state index contributed by atoms with van der Waals surface area (Å²) in [5, 5.41) is 3.39. The number of fused-ring (bicyclic) bond motifs is 1. The Bertz CT molecular complexity index is 713. The van der Waals surface area contributed by atoms with E-state index in [1.165, 1.54) is 11.1 Å². The summed E-state index contributed by atoms with van der Waals surface area (Å²) >= 11 is 7.94. The third-order valence-corrected chi connectivity index (χ3v) is 3.88. The van der Waals surface area contributed by atoms with Gasteiger partial charge in [-0.05, 0) is 48.1 Å². The van der Waals surface area contributed by atoms with Gasteiger partial charge in [0.15, 0.2) is 11.5 Å². The Morgan fingerprint density at radius 1 is 1.12 bits per heavy atom. The molecule has 0 spiro atoms. The molecule has 2 aromatic carbocycles. The zero-order chi connectivity index (χ0) is 19.4. The monoisotopic (exact) mass is 389 g/mol. The Morgan fingerprint density at radius 3 is 2.54 bits per heavy atom. The largest absolute Gasteiger partial charge is 0.454 e. The van der Waals surface area contributed by atoms with E-state index < -0.39 is 0 Å². The van der Waals surface area contributed by atoms with E-state index in [0.29, 0.717) is 13.3 Å². The molecular weight excluding hydrogens is 362 g/mol. The highest BCUT2D eigenvalue weighted by atomic mass is 32.1. The minimum absolute atomic E-state index is 0.128. The molecule has 3 rings (SSSR count). The summed E-state index contributed by atoms with van der Waals surface area (Å²) in [7, 11) is 0. The van der Waals surface area contributed by atoms with Gasteiger partial charge in [-0.25, -0.2) is 0 Å². The average molecular weight is 390 g/mol. The van der Waals surface area contributed by atoms with Gasteiger partial charge >= 0.3 is 0 Å². The maximum atomic E-state index is 5.44. The zero-order valence-corrected chi connectivity index (χ0v) is 17.3. The van der Waals surface area contributed by atoms with Crippen molar-refractivity contribution >= 4 is 25.3 Å². The standard InChI is InChI=1S/C18H17NO2S.C2H6.CH4S/c1-2-8-19-16(14-4-3-5-15(22)11-14)9-13-6-7-17-18(10-13)21-12-20-17;2*1-2/h1,3-7,10-11,16,19,22H,8-9,12H2;1-2H3;2H,1H3. The highest BCUT2D eigenvalue weighted by Gasteiger charge is 2.16. The predicted molar refractivity (Wildman–Crippen MR) is 116 cm³/mol. The van der Waals surface area contributed by atoms with Crippen molar-refractivity contribution in [3.05, 3.63) is 53.6 Å². The Kier molecular flexibility index (Phi) is 10.8. The van der Waals surface area contributed by atoms with Crippen LogP contribution in [0.2, 0.25) is 0 Å². The number of nitrogens with one attached hydrogen (secondary N) is 1. The van der Waals surface area contributed by atoms with Crippen LogP contribution in [0.15, 0.2) is 47.4 Å². The van der Waals surface area contributed by atoms with Crippen molar-refractivity contribution in [1.82, 2.24) is 5.32 Å². The molecule has 0 fully saturated rings. The van der Waals surface area contributed by atoms with Gasteiger partial charge in [0.1, 0.15) is 0 Å². The lowest BCUT2D eigenvalue weighted by Gasteiger charge is -2.19. The molecule has 1 unspecified atom stereocenters. The lowest BCUT2D eigenvalue weighted by atomic mass is 9.98. The molecule has 0 bridgehead atoms. The number of thiol groups is 2. The summed E-state index contributed by atoms with van der Waals surface area (Å²) in [6.07, 6.45) is 7.90. The Labute approximate surface area is 168 Å². The van der Waals surface area contributed by atoms with E-state index in [4.69, 9.17) is 15.9 Å². The fraction of sp³-hybridized carbons (Fsp3) is 0.333. The van der Waals surface area contributed by atoms with Gasteiger partial charge < -0.3 is 9.47 Å². The third kappa shape index (κ3) is 6.53. The van der Waals surface area contributed by atoms with Gasteiger partial charge in [-0.3, -0.25) is 5.32 Å². The first-order valence-corrected chi connectivity index (χ1v) is 9.89. The fourth-order valence-corrected chi connectivity index (χ4v) is 2.77. The molecule has 0 aliphatic carbocycles. The smallest absolute Gasteiger partial charge is 0.231 e. The van der Waals surface area contributed by atoms with Crippen molar-refractivity contribution in [3.8, 4) is 23.8 Å². The van der Waals surface area contributed by atoms with Gasteiger partial charge in [0, 0.05) is 10.9 Å². The maximum Gasteiger partial charge on any atom is 0.231 e. The van der Waals surface area contributed by atoms with Gasteiger partial charge in [-0.2, -0.15) is 12.6 Å². The summed E-state index contributed by atoms with van der Waals surface area (Å²) in [6.45, 7) is 4.81. The summed E-state index contributed by atoms with van der Waals surface area (Å²) in [4.78, 5) is 0.940. The summed E-state index contributed by atoms with van der Waals surface area (Å²) in [5.41, 5.74) is 2.34. The SMILES string of the molecule is C#CCNC(Cc1ccc2c(c1)OCO2)c1cccc(S)c1.CC.CS. The number of rotatable bonds is 5. The molecule has 0 aromatic heterocycles. The second kappa shape index (κ2) is 12.6. The molecule has 1 N–H and O–H groups in total. The van der Waals surface area contributed by atoms with Crippen molar-refractivity contribution in [1.29, 1.82) is 0 Å². The molecule has 0 amide bonds. The van der Waals surface area contributed by atoms with Crippen LogP contribution in [0.3, 0.4) is 0 Å². The summed E-state index contributed by atoms with van der Waals surface area (Å²) in [5.74, 6) is 4.24. The number of ether oxygens (including phenoxy) is 2. The summed E-state index contributed by atoms with van der Waals surface area (Å²) < 4.78 is 10.8. The lowest BCUT2D eigenvalue weighted by molar-refractivity contribution is 0.174. The van der Waals surface area contributed by atoms with Gasteiger partial charge in [0.05, 0.1) is 6.54 Å². The van der Waals surface area contributed by atoms with Crippen molar-refractivity contribution < 1.29 is 9.47 Å². The Morgan fingerprint density at radius 2 is 1.85 bits per heavy atom. The molecular formula is C21H27NO2S2. The number of benzene rings is 2. The van der Waals surface area contributed by atoms with Crippen LogP contribution >= 0.6 is 25.3 Å². The molecule has 0 radical (unpaired) electrons. The van der Waals surface area contributed by atoms with Crippen LogP contribution in [0, 0.1) is 12.3 Å². The molecule has 1 atom stereocenters. The topological polar surface area (TPSA) is 30.5 Å². The van der Waals surface area contributed by atoms with Crippen LogP contribution in [-0.2, 0) is 6.42 Å². The van der Waals surface area contributed by atoms with Crippen LogP contribution in [0.5, 0.6) is 11.5 Å². The van der Waals surface area contributed by atoms with Crippen molar-refractivity contribution in [3.63, 3.8) is 0 Å². The van der Waals surface area contributed by atoms with E-state index in [-0.39, 0.29) is 6.04 Å². The van der Waals surface area contributed by atoms with Crippen molar-refractivity contribution in [2.75, 3.05) is 19.6 Å². The summed E-state index contributed by atoms with van der Waals surface area (Å²) in [6, 6.07) is 14.3. The normalized spacial score (nSPS) is 12.0. The zero-order valence-electron chi connectivity index (χ0n) is 15.5. The Balaban J connectivity index is 0.000000791. The Hall–Kier alpha value is -1.74. The highest BCUT2D eigenvalue weighted by Crippen LogP contribution is 2.33. The average Bonchev–Trinajstić information content (AvgIpc) is 3.16. The van der Waals surface area contributed by atoms with E-state index in [0.717, 1.165) is 22.8 Å². The van der Waals surface area contributed by atoms with E-state index >= 15 is 0 Å². The number of hydrogen-bond acceptors (Lipinski definition) is 5. The first kappa shape index (κ1) is 22.3. The molecule has 140 valence electrons. The second-order valence-corrected chi connectivity index (χ2v) is 5.64. The fourth-order valence-electron chi connectivity index (χ4n) is 2.54. The van der Waals surface area contributed by atoms with Gasteiger partial charge in [-0.1, -0.05) is 38.0 Å². The van der Waals surface area contributed by atoms with E-state index in [2.05, 4.69) is 54.7 Å². The van der Waals surface area contributed by atoms with Crippen LogP contribution in [-0.4, -0.2) is 19.6 Å². The highest BCUT2D eigenvalue weighted by molar-refractivity contribution is 7.80. The molecule has 1 heterocycles. The second-order valence-electron chi connectivity index (χ2n) is 5.12. The molecule has 26 heavy (non-hydrogen) atoms.